The van der Waals surface area contributed by atoms with Gasteiger partial charge in [0.25, 0.3) is 0 Å². The van der Waals surface area contributed by atoms with Crippen LogP contribution < -0.4 is 5.73 Å². The Balaban J connectivity index is 2.21. The SMILES string of the molecule is Cn1ccnc1CCS(=O)(=O)c1ccc(Cl)cc1N. The lowest BCUT2D eigenvalue weighted by Crippen LogP contribution is -2.13. The van der Waals surface area contributed by atoms with Crippen LogP contribution >= 0.6 is 11.6 Å². The van der Waals surface area contributed by atoms with E-state index in [1.165, 1.54) is 18.2 Å². The van der Waals surface area contributed by atoms with Crippen molar-refractivity contribution >= 4 is 27.1 Å². The highest BCUT2D eigenvalue weighted by Gasteiger charge is 2.18. The molecule has 0 amide bonds. The molecule has 0 atom stereocenters. The molecule has 19 heavy (non-hydrogen) atoms. The molecule has 0 unspecified atom stereocenters. The predicted octanol–water partition coefficient (Wildman–Crippen LogP) is 1.67. The molecule has 0 fully saturated rings. The first-order chi connectivity index (χ1) is 8.90. The maximum absolute atomic E-state index is 12.2. The molecule has 7 heteroatoms. The molecule has 0 saturated carbocycles. The summed E-state index contributed by atoms with van der Waals surface area (Å²) in [6.07, 6.45) is 3.76. The molecular weight excluding hydrogens is 286 g/mol. The van der Waals surface area contributed by atoms with Crippen LogP contribution in [0.5, 0.6) is 0 Å². The molecule has 1 aromatic heterocycles. The fourth-order valence-corrected chi connectivity index (χ4v) is 3.32. The third-order valence-electron chi connectivity index (χ3n) is 2.82. The van der Waals surface area contributed by atoms with E-state index in [2.05, 4.69) is 4.98 Å². The number of nitrogen functional groups attached to an aromatic ring is 1. The first-order valence-electron chi connectivity index (χ1n) is 5.64. The van der Waals surface area contributed by atoms with Crippen LogP contribution in [0, 0.1) is 0 Å². The minimum Gasteiger partial charge on any atom is -0.398 e. The van der Waals surface area contributed by atoms with Gasteiger partial charge in [-0.1, -0.05) is 11.6 Å². The fourth-order valence-electron chi connectivity index (χ4n) is 1.78. The van der Waals surface area contributed by atoms with E-state index in [0.29, 0.717) is 11.4 Å². The van der Waals surface area contributed by atoms with E-state index in [9.17, 15) is 8.42 Å². The van der Waals surface area contributed by atoms with Crippen molar-refractivity contribution in [1.29, 1.82) is 0 Å². The first kappa shape index (κ1) is 13.9. The van der Waals surface area contributed by atoms with E-state index in [4.69, 9.17) is 17.3 Å². The lowest BCUT2D eigenvalue weighted by atomic mass is 10.3. The largest absolute Gasteiger partial charge is 0.398 e. The van der Waals surface area contributed by atoms with Crippen LogP contribution in [-0.4, -0.2) is 23.7 Å². The molecule has 0 radical (unpaired) electrons. The van der Waals surface area contributed by atoms with Gasteiger partial charge in [0.15, 0.2) is 9.84 Å². The summed E-state index contributed by atoms with van der Waals surface area (Å²) in [4.78, 5) is 4.21. The summed E-state index contributed by atoms with van der Waals surface area (Å²) < 4.78 is 26.2. The number of halogens is 1. The summed E-state index contributed by atoms with van der Waals surface area (Å²) in [5.41, 5.74) is 5.88. The number of hydrogen-bond acceptors (Lipinski definition) is 4. The van der Waals surface area contributed by atoms with E-state index in [-0.39, 0.29) is 16.3 Å². The van der Waals surface area contributed by atoms with Gasteiger partial charge in [-0.2, -0.15) is 0 Å². The van der Waals surface area contributed by atoms with Crippen molar-refractivity contribution in [2.24, 2.45) is 7.05 Å². The Morgan fingerprint density at radius 2 is 2.16 bits per heavy atom. The number of anilines is 1. The number of benzene rings is 1. The minimum absolute atomic E-state index is 0.0380. The van der Waals surface area contributed by atoms with Crippen LogP contribution in [0.3, 0.4) is 0 Å². The maximum Gasteiger partial charge on any atom is 0.180 e. The van der Waals surface area contributed by atoms with E-state index in [0.717, 1.165) is 5.82 Å². The van der Waals surface area contributed by atoms with Crippen molar-refractivity contribution in [2.45, 2.75) is 11.3 Å². The van der Waals surface area contributed by atoms with Crippen molar-refractivity contribution < 1.29 is 8.42 Å². The van der Waals surface area contributed by atoms with Crippen LogP contribution in [0.4, 0.5) is 5.69 Å². The van der Waals surface area contributed by atoms with E-state index in [1.807, 2.05) is 7.05 Å². The summed E-state index contributed by atoms with van der Waals surface area (Å²) in [5, 5.41) is 0.417. The zero-order valence-corrected chi connectivity index (χ0v) is 11.9. The fraction of sp³-hybridized carbons (Fsp3) is 0.250. The molecule has 0 aliphatic carbocycles. The average molecular weight is 300 g/mol. The van der Waals surface area contributed by atoms with Crippen molar-refractivity contribution in [2.75, 3.05) is 11.5 Å². The van der Waals surface area contributed by atoms with Gasteiger partial charge < -0.3 is 10.3 Å². The van der Waals surface area contributed by atoms with Gasteiger partial charge in [-0.05, 0) is 18.2 Å². The molecule has 0 saturated heterocycles. The second-order valence-corrected chi connectivity index (χ2v) is 6.72. The molecule has 1 aromatic carbocycles. The van der Waals surface area contributed by atoms with Gasteiger partial charge in [0.2, 0.25) is 0 Å². The van der Waals surface area contributed by atoms with E-state index >= 15 is 0 Å². The van der Waals surface area contributed by atoms with Crippen LogP contribution in [0.15, 0.2) is 35.5 Å². The van der Waals surface area contributed by atoms with Crippen LogP contribution in [0.1, 0.15) is 5.82 Å². The van der Waals surface area contributed by atoms with Gasteiger partial charge >= 0.3 is 0 Å². The van der Waals surface area contributed by atoms with E-state index in [1.54, 1.807) is 17.0 Å². The number of aryl methyl sites for hydroxylation is 2. The highest BCUT2D eigenvalue weighted by Crippen LogP contribution is 2.23. The number of sulfone groups is 1. The minimum atomic E-state index is -3.44. The maximum atomic E-state index is 12.2. The Labute approximate surface area is 116 Å². The van der Waals surface area contributed by atoms with Gasteiger partial charge in [-0.25, -0.2) is 13.4 Å². The smallest absolute Gasteiger partial charge is 0.180 e. The molecule has 2 aromatic rings. The number of nitrogens with two attached hydrogens (primary N) is 1. The zero-order chi connectivity index (χ0) is 14.0. The Morgan fingerprint density at radius 1 is 1.42 bits per heavy atom. The number of imidazole rings is 1. The normalized spacial score (nSPS) is 11.7. The van der Waals surface area contributed by atoms with Gasteiger partial charge in [0.05, 0.1) is 16.3 Å². The standard InChI is InChI=1S/C12H14ClN3O2S/c1-16-6-5-15-12(16)4-7-19(17,18)11-3-2-9(13)8-10(11)14/h2-3,5-6,8H,4,7,14H2,1H3. The molecule has 2 N–H and O–H groups in total. The monoisotopic (exact) mass is 299 g/mol. The molecule has 102 valence electrons. The quantitative estimate of drug-likeness (QED) is 0.871. The van der Waals surface area contributed by atoms with Crippen LogP contribution in [0.2, 0.25) is 5.02 Å². The summed E-state index contributed by atoms with van der Waals surface area (Å²) in [7, 11) is -1.61. The third-order valence-corrected chi connectivity index (χ3v) is 4.84. The number of aromatic nitrogens is 2. The molecule has 2 rings (SSSR count). The predicted molar refractivity (Wildman–Crippen MR) is 74.8 cm³/mol. The first-order valence-corrected chi connectivity index (χ1v) is 7.67. The van der Waals surface area contributed by atoms with Gasteiger partial charge in [0.1, 0.15) is 5.82 Å². The second kappa shape index (κ2) is 5.22. The zero-order valence-electron chi connectivity index (χ0n) is 10.4. The number of hydrogen-bond donors (Lipinski definition) is 1. The molecular formula is C12H14ClN3O2S. The Bertz CT molecular complexity index is 695. The molecule has 0 bridgehead atoms. The Hall–Kier alpha value is -1.53. The van der Waals surface area contributed by atoms with Crippen molar-refractivity contribution in [3.05, 3.63) is 41.4 Å². The second-order valence-electron chi connectivity index (χ2n) is 4.21. The van der Waals surface area contributed by atoms with Crippen molar-refractivity contribution in [3.63, 3.8) is 0 Å². The highest BCUT2D eigenvalue weighted by atomic mass is 35.5. The molecule has 0 aliphatic heterocycles. The summed E-state index contributed by atoms with van der Waals surface area (Å²) in [6.45, 7) is 0. The van der Waals surface area contributed by atoms with Crippen LogP contribution in [-0.2, 0) is 23.3 Å². The van der Waals surface area contributed by atoms with Crippen LogP contribution in [0.25, 0.3) is 0 Å². The summed E-state index contributed by atoms with van der Waals surface area (Å²) in [6, 6.07) is 4.40. The lowest BCUT2D eigenvalue weighted by molar-refractivity contribution is 0.594. The molecule has 0 aliphatic rings. The Morgan fingerprint density at radius 3 is 2.74 bits per heavy atom. The molecule has 1 heterocycles. The van der Waals surface area contributed by atoms with Gasteiger partial charge in [-0.3, -0.25) is 0 Å². The highest BCUT2D eigenvalue weighted by molar-refractivity contribution is 7.91. The van der Waals surface area contributed by atoms with Gasteiger partial charge in [-0.15, -0.1) is 0 Å². The third kappa shape index (κ3) is 3.08. The van der Waals surface area contributed by atoms with Crippen molar-refractivity contribution in [3.8, 4) is 0 Å². The van der Waals surface area contributed by atoms with Crippen molar-refractivity contribution in [1.82, 2.24) is 9.55 Å². The molecule has 5 nitrogen and oxygen atoms in total. The topological polar surface area (TPSA) is 78.0 Å². The molecule has 0 spiro atoms. The Kier molecular flexibility index (Phi) is 3.82. The number of rotatable bonds is 4. The summed E-state index contributed by atoms with van der Waals surface area (Å²) >= 11 is 5.76. The average Bonchev–Trinajstić information content (AvgIpc) is 2.72. The lowest BCUT2D eigenvalue weighted by Gasteiger charge is -2.08. The summed E-state index contributed by atoms with van der Waals surface area (Å²) in [5.74, 6) is 0.681. The number of nitrogens with zero attached hydrogens (tertiary/aromatic N) is 2. The van der Waals surface area contributed by atoms with Gasteiger partial charge in [0, 0.05) is 30.9 Å². The van der Waals surface area contributed by atoms with E-state index < -0.39 is 9.84 Å².